The second-order valence-electron chi connectivity index (χ2n) is 7.87. The van der Waals surface area contributed by atoms with Gasteiger partial charge in [0.1, 0.15) is 11.4 Å². The lowest BCUT2D eigenvalue weighted by Gasteiger charge is -2.46. The van der Waals surface area contributed by atoms with E-state index in [1.54, 1.807) is 36.3 Å². The second-order valence-corrected chi connectivity index (χ2v) is 9.81. The molecule has 0 saturated carbocycles. The number of aromatic nitrogens is 2. The molecule has 0 atom stereocenters. The zero-order valence-corrected chi connectivity index (χ0v) is 17.2. The van der Waals surface area contributed by atoms with Gasteiger partial charge in [-0.2, -0.15) is 4.31 Å². The van der Waals surface area contributed by atoms with Crippen LogP contribution in [-0.2, 0) is 44.6 Å². The third-order valence-electron chi connectivity index (χ3n) is 6.00. The van der Waals surface area contributed by atoms with Gasteiger partial charge in [0.05, 0.1) is 23.6 Å². The summed E-state index contributed by atoms with van der Waals surface area (Å²) in [5.74, 6) is 0.768. The van der Waals surface area contributed by atoms with E-state index in [2.05, 4.69) is 16.9 Å². The van der Waals surface area contributed by atoms with Gasteiger partial charge in [0.2, 0.25) is 15.9 Å². The summed E-state index contributed by atoms with van der Waals surface area (Å²) in [6, 6.07) is 4.88. The molecule has 4 heterocycles. The second kappa shape index (κ2) is 6.32. The zero-order valence-electron chi connectivity index (χ0n) is 16.4. The summed E-state index contributed by atoms with van der Waals surface area (Å²) in [7, 11) is -1.96. The van der Waals surface area contributed by atoms with Crippen molar-refractivity contribution in [3.05, 3.63) is 47.0 Å². The topological polar surface area (TPSA) is 92.7 Å². The van der Waals surface area contributed by atoms with E-state index in [1.165, 1.54) is 4.31 Å². The Balaban J connectivity index is 1.38. The van der Waals surface area contributed by atoms with Crippen molar-refractivity contribution in [1.82, 2.24) is 14.3 Å². The molecule has 0 N–H and O–H groups in total. The normalized spacial score (nSPS) is 20.1. The van der Waals surface area contributed by atoms with Gasteiger partial charge in [0.25, 0.3) is 0 Å². The smallest absolute Gasteiger partial charge is 0.243 e. The quantitative estimate of drug-likeness (QED) is 0.750. The van der Waals surface area contributed by atoms with Gasteiger partial charge in [-0.25, -0.2) is 18.4 Å². The fourth-order valence-electron chi connectivity index (χ4n) is 4.29. The molecule has 1 fully saturated rings. The highest BCUT2D eigenvalue weighted by Crippen LogP contribution is 2.45. The number of fused-ring (bicyclic) bond motifs is 3. The summed E-state index contributed by atoms with van der Waals surface area (Å²) >= 11 is 0. The van der Waals surface area contributed by atoms with Crippen LogP contribution in [0.15, 0.2) is 29.3 Å². The number of hydrogen-bond donors (Lipinski definition) is 0. The average Bonchev–Trinajstić information content (AvgIpc) is 3.18. The minimum atomic E-state index is -3.66. The van der Waals surface area contributed by atoms with Crippen molar-refractivity contribution in [3.63, 3.8) is 0 Å². The molecule has 152 valence electrons. The fraction of sp³-hybridized carbons (Fsp3) is 0.450. The van der Waals surface area contributed by atoms with Crippen LogP contribution in [0.3, 0.4) is 0 Å². The van der Waals surface area contributed by atoms with Crippen LogP contribution in [0.2, 0.25) is 0 Å². The van der Waals surface area contributed by atoms with Crippen LogP contribution in [-0.4, -0.2) is 48.7 Å². The van der Waals surface area contributed by atoms with E-state index < -0.39 is 15.6 Å². The van der Waals surface area contributed by atoms with E-state index >= 15 is 0 Å². The number of carbonyl (C=O) groups is 1. The molecule has 0 bridgehead atoms. The predicted octanol–water partition coefficient (Wildman–Crippen LogP) is 1.38. The molecule has 0 radical (unpaired) electrons. The molecule has 3 aliphatic heterocycles. The molecule has 0 aliphatic carbocycles. The Morgan fingerprint density at radius 3 is 2.83 bits per heavy atom. The number of benzene rings is 1. The van der Waals surface area contributed by atoms with Crippen molar-refractivity contribution in [2.75, 3.05) is 25.0 Å². The Morgan fingerprint density at radius 1 is 1.28 bits per heavy atom. The Kier molecular flexibility index (Phi) is 4.06. The minimum absolute atomic E-state index is 0.0316. The van der Waals surface area contributed by atoms with Gasteiger partial charge in [-0.1, -0.05) is 6.92 Å². The molecule has 2 aromatic rings. The van der Waals surface area contributed by atoms with Crippen molar-refractivity contribution in [2.24, 2.45) is 0 Å². The van der Waals surface area contributed by atoms with Gasteiger partial charge in [0.15, 0.2) is 0 Å². The molecule has 1 aromatic carbocycles. The Labute approximate surface area is 169 Å². The average molecular weight is 414 g/mol. The number of likely N-dealkylation sites (N-methyl/N-ethyl adjacent to an activating group) is 1. The summed E-state index contributed by atoms with van der Waals surface area (Å²) in [4.78, 5) is 22.6. The first kappa shape index (κ1) is 18.7. The summed E-state index contributed by atoms with van der Waals surface area (Å²) in [6.07, 6.45) is 3.81. The SMILES string of the molecule is CCCc1ncc2c(n1)COC21CN(S(=O)(=O)c2ccc3c(c2)CC(=O)N3C)C1. The van der Waals surface area contributed by atoms with Crippen LogP contribution in [0.25, 0.3) is 0 Å². The van der Waals surface area contributed by atoms with Crippen LogP contribution in [0.4, 0.5) is 5.69 Å². The maximum absolute atomic E-state index is 13.1. The number of aryl methyl sites for hydroxylation is 1. The molecule has 1 amide bonds. The van der Waals surface area contributed by atoms with E-state index in [9.17, 15) is 13.2 Å². The van der Waals surface area contributed by atoms with Crippen molar-refractivity contribution >= 4 is 21.6 Å². The molecule has 0 unspecified atom stereocenters. The molecule has 1 saturated heterocycles. The van der Waals surface area contributed by atoms with Crippen molar-refractivity contribution in [3.8, 4) is 0 Å². The molecule has 1 aromatic heterocycles. The summed E-state index contributed by atoms with van der Waals surface area (Å²) in [6.45, 7) is 2.95. The molecule has 1 spiro atoms. The molecular weight excluding hydrogens is 392 g/mol. The fourth-order valence-corrected chi connectivity index (χ4v) is 5.87. The van der Waals surface area contributed by atoms with Gasteiger partial charge in [-0.3, -0.25) is 4.79 Å². The largest absolute Gasteiger partial charge is 0.361 e. The van der Waals surface area contributed by atoms with Crippen LogP contribution in [0, 0.1) is 0 Å². The maximum Gasteiger partial charge on any atom is 0.243 e. The highest BCUT2D eigenvalue weighted by atomic mass is 32.2. The molecule has 5 rings (SSSR count). The lowest BCUT2D eigenvalue weighted by Crippen LogP contribution is -2.61. The zero-order chi connectivity index (χ0) is 20.4. The van der Waals surface area contributed by atoms with E-state index in [-0.39, 0.29) is 30.3 Å². The third-order valence-corrected chi connectivity index (χ3v) is 7.78. The lowest BCUT2D eigenvalue weighted by molar-refractivity contribution is -0.117. The van der Waals surface area contributed by atoms with E-state index in [0.29, 0.717) is 6.61 Å². The van der Waals surface area contributed by atoms with Crippen LogP contribution < -0.4 is 4.90 Å². The lowest BCUT2D eigenvalue weighted by atomic mass is 9.90. The van der Waals surface area contributed by atoms with Gasteiger partial charge >= 0.3 is 0 Å². The first-order chi connectivity index (χ1) is 13.8. The van der Waals surface area contributed by atoms with Crippen LogP contribution in [0.5, 0.6) is 0 Å². The molecule has 8 nitrogen and oxygen atoms in total. The summed E-state index contributed by atoms with van der Waals surface area (Å²) in [5, 5.41) is 0. The van der Waals surface area contributed by atoms with Crippen molar-refractivity contribution < 1.29 is 17.9 Å². The predicted molar refractivity (Wildman–Crippen MR) is 105 cm³/mol. The van der Waals surface area contributed by atoms with E-state index in [0.717, 1.165) is 41.2 Å². The standard InChI is InChI=1S/C20H22N4O4S/c1-3-4-18-21-9-15-16(22-18)10-28-20(15)11-24(12-20)29(26,27)14-5-6-17-13(7-14)8-19(25)23(17)2/h5-7,9H,3-4,8,10-12H2,1-2H3. The van der Waals surface area contributed by atoms with E-state index in [1.807, 2.05) is 0 Å². The summed E-state index contributed by atoms with van der Waals surface area (Å²) < 4.78 is 33.6. The maximum atomic E-state index is 13.1. The van der Waals surface area contributed by atoms with Gasteiger partial charge in [-0.05, 0) is 30.2 Å². The van der Waals surface area contributed by atoms with Crippen molar-refractivity contribution in [1.29, 1.82) is 0 Å². The number of sulfonamides is 1. The van der Waals surface area contributed by atoms with Crippen LogP contribution >= 0.6 is 0 Å². The van der Waals surface area contributed by atoms with Crippen molar-refractivity contribution in [2.45, 2.75) is 43.3 Å². The Bertz CT molecular complexity index is 1130. The Morgan fingerprint density at radius 2 is 2.07 bits per heavy atom. The highest BCUT2D eigenvalue weighted by molar-refractivity contribution is 7.89. The third kappa shape index (κ3) is 2.72. The molecule has 3 aliphatic rings. The number of amides is 1. The monoisotopic (exact) mass is 414 g/mol. The van der Waals surface area contributed by atoms with Gasteiger partial charge < -0.3 is 9.64 Å². The number of anilines is 1. The van der Waals surface area contributed by atoms with E-state index in [4.69, 9.17) is 4.74 Å². The molecular formula is C20H22N4O4S. The number of carbonyl (C=O) groups excluding carboxylic acids is 1. The Hall–Kier alpha value is -2.36. The first-order valence-corrected chi connectivity index (χ1v) is 11.2. The molecule has 29 heavy (non-hydrogen) atoms. The summed E-state index contributed by atoms with van der Waals surface area (Å²) in [5.41, 5.74) is 2.61. The molecule has 9 heteroatoms. The van der Waals surface area contributed by atoms with Gasteiger partial charge in [0, 0.05) is 44.0 Å². The number of rotatable bonds is 4. The number of ether oxygens (including phenoxy) is 1. The number of hydrogen-bond acceptors (Lipinski definition) is 6. The minimum Gasteiger partial charge on any atom is -0.361 e. The number of nitrogens with zero attached hydrogens (tertiary/aromatic N) is 4. The van der Waals surface area contributed by atoms with Crippen LogP contribution in [0.1, 0.15) is 36.0 Å². The first-order valence-electron chi connectivity index (χ1n) is 9.73. The van der Waals surface area contributed by atoms with Gasteiger partial charge in [-0.15, -0.1) is 0 Å². The highest BCUT2D eigenvalue weighted by Gasteiger charge is 2.55.